The molecule has 0 saturated heterocycles. The van der Waals surface area contributed by atoms with Gasteiger partial charge in [0.05, 0.1) is 5.60 Å². The average molecular weight is 366 g/mol. The fourth-order valence-corrected chi connectivity index (χ4v) is 7.97. The van der Waals surface area contributed by atoms with Crippen LogP contribution in [0.3, 0.4) is 0 Å². The summed E-state index contributed by atoms with van der Waals surface area (Å²) in [7, 11) is 0. The number of pyridine rings is 1. The van der Waals surface area contributed by atoms with Crippen molar-refractivity contribution in [2.24, 2.45) is 34.5 Å². The highest BCUT2D eigenvalue weighted by molar-refractivity contribution is 5.72. The van der Waals surface area contributed by atoms with Crippen molar-refractivity contribution < 1.29 is 5.11 Å². The van der Waals surface area contributed by atoms with Gasteiger partial charge in [-0.25, -0.2) is 0 Å². The second kappa shape index (κ2) is 5.92. The van der Waals surface area contributed by atoms with E-state index in [1.807, 2.05) is 6.20 Å². The van der Waals surface area contributed by atoms with Gasteiger partial charge in [0.1, 0.15) is 0 Å². The van der Waals surface area contributed by atoms with Gasteiger partial charge in [0.2, 0.25) is 0 Å². The van der Waals surface area contributed by atoms with E-state index >= 15 is 0 Å². The number of aromatic nitrogens is 1. The van der Waals surface area contributed by atoms with E-state index in [2.05, 4.69) is 50.2 Å². The van der Waals surface area contributed by atoms with Gasteiger partial charge in [-0.15, -0.1) is 0 Å². The second-order valence-electron chi connectivity index (χ2n) is 10.9. The summed E-state index contributed by atoms with van der Waals surface area (Å²) in [6.45, 7) is 7.19. The molecule has 1 aromatic rings. The number of aliphatic hydroxyl groups is 1. The Balaban J connectivity index is 1.43. The van der Waals surface area contributed by atoms with Gasteiger partial charge < -0.3 is 5.11 Å². The molecule has 7 unspecified atom stereocenters. The molecular formula is C25H35NO. The van der Waals surface area contributed by atoms with Crippen LogP contribution >= 0.6 is 0 Å². The second-order valence-corrected chi connectivity index (χ2v) is 10.9. The zero-order chi connectivity index (χ0) is 18.9. The van der Waals surface area contributed by atoms with Crippen molar-refractivity contribution in [1.82, 2.24) is 4.98 Å². The lowest BCUT2D eigenvalue weighted by atomic mass is 9.44. The molecule has 1 heterocycles. The van der Waals surface area contributed by atoms with E-state index in [0.29, 0.717) is 10.8 Å². The van der Waals surface area contributed by atoms with Crippen LogP contribution in [0.4, 0.5) is 0 Å². The van der Waals surface area contributed by atoms with Crippen molar-refractivity contribution in [3.63, 3.8) is 0 Å². The zero-order valence-corrected chi connectivity index (χ0v) is 17.2. The van der Waals surface area contributed by atoms with E-state index in [-0.39, 0.29) is 0 Å². The van der Waals surface area contributed by atoms with Crippen molar-refractivity contribution in [3.05, 3.63) is 36.2 Å². The van der Waals surface area contributed by atoms with Gasteiger partial charge in [0.15, 0.2) is 0 Å². The van der Waals surface area contributed by atoms with E-state index in [1.165, 1.54) is 44.1 Å². The van der Waals surface area contributed by atoms with Crippen LogP contribution in [0.25, 0.3) is 5.57 Å². The van der Waals surface area contributed by atoms with Gasteiger partial charge in [-0.2, -0.15) is 0 Å². The van der Waals surface area contributed by atoms with Crippen molar-refractivity contribution in [2.45, 2.75) is 77.7 Å². The number of rotatable bonds is 1. The topological polar surface area (TPSA) is 33.1 Å². The van der Waals surface area contributed by atoms with Crippen LogP contribution in [0.1, 0.15) is 77.7 Å². The molecule has 5 rings (SSSR count). The highest BCUT2D eigenvalue weighted by Gasteiger charge is 2.59. The Bertz CT molecular complexity index is 753. The molecule has 27 heavy (non-hydrogen) atoms. The largest absolute Gasteiger partial charge is 0.390 e. The third kappa shape index (κ3) is 2.58. The summed E-state index contributed by atoms with van der Waals surface area (Å²) in [6, 6.07) is 4.33. The molecule has 1 aromatic heterocycles. The summed E-state index contributed by atoms with van der Waals surface area (Å²) in [5.74, 6) is 3.23. The monoisotopic (exact) mass is 365 g/mol. The van der Waals surface area contributed by atoms with E-state index in [0.717, 1.165) is 36.5 Å². The number of hydrogen-bond acceptors (Lipinski definition) is 2. The lowest BCUT2D eigenvalue weighted by Crippen LogP contribution is -2.55. The van der Waals surface area contributed by atoms with Crippen LogP contribution < -0.4 is 0 Å². The molecule has 7 atom stereocenters. The molecule has 4 aliphatic rings. The van der Waals surface area contributed by atoms with Crippen LogP contribution in [0, 0.1) is 34.5 Å². The maximum atomic E-state index is 10.7. The first kappa shape index (κ1) is 17.9. The number of hydrogen-bond donors (Lipinski definition) is 1. The van der Waals surface area contributed by atoms with Crippen molar-refractivity contribution in [2.75, 3.05) is 0 Å². The molecule has 146 valence electrons. The van der Waals surface area contributed by atoms with Crippen LogP contribution in [0.5, 0.6) is 0 Å². The number of allylic oxidation sites excluding steroid dienone is 2. The fraction of sp³-hybridized carbons (Fsp3) is 0.720. The molecule has 2 nitrogen and oxygen atoms in total. The summed E-state index contributed by atoms with van der Waals surface area (Å²) in [4.78, 5) is 4.39. The molecule has 0 aromatic carbocycles. The molecular weight excluding hydrogens is 330 g/mol. The molecule has 3 fully saturated rings. The predicted octanol–water partition coefficient (Wildman–Crippen LogP) is 5.87. The van der Waals surface area contributed by atoms with E-state index in [1.54, 1.807) is 5.57 Å². The molecule has 1 N–H and O–H groups in total. The number of nitrogens with zero attached hydrogens (tertiary/aromatic N) is 1. The number of fused-ring (bicyclic) bond motifs is 5. The van der Waals surface area contributed by atoms with Gasteiger partial charge in [0, 0.05) is 12.4 Å². The third-order valence-corrected chi connectivity index (χ3v) is 9.51. The minimum Gasteiger partial charge on any atom is -0.390 e. The van der Waals surface area contributed by atoms with Gasteiger partial charge in [0.25, 0.3) is 0 Å². The summed E-state index contributed by atoms with van der Waals surface area (Å²) in [5.41, 5.74) is 3.26. The Labute approximate surface area is 164 Å². The van der Waals surface area contributed by atoms with E-state index in [4.69, 9.17) is 0 Å². The standard InChI is InChI=1S/C25H35NO/c1-23(27)12-13-24(2)18(15-23)6-7-19-21-9-8-20(17-5-4-14-26-16-17)25(21,3)11-10-22(19)24/h4-5,8,14,16,18-19,21-22,27H,6-7,9-13,15H2,1-3H3. The molecule has 0 spiro atoms. The Kier molecular flexibility index (Phi) is 3.93. The maximum Gasteiger partial charge on any atom is 0.0622 e. The first-order chi connectivity index (χ1) is 12.8. The van der Waals surface area contributed by atoms with Gasteiger partial charge in [-0.05, 0) is 110 Å². The molecule has 2 heteroatoms. The molecule has 3 saturated carbocycles. The third-order valence-electron chi connectivity index (χ3n) is 9.51. The highest BCUT2D eigenvalue weighted by atomic mass is 16.3. The normalized spacial score (nSPS) is 49.0. The van der Waals surface area contributed by atoms with Crippen LogP contribution in [0.15, 0.2) is 30.6 Å². The first-order valence-electron chi connectivity index (χ1n) is 11.2. The molecule has 0 radical (unpaired) electrons. The smallest absolute Gasteiger partial charge is 0.0622 e. The van der Waals surface area contributed by atoms with E-state index in [9.17, 15) is 5.11 Å². The summed E-state index contributed by atoms with van der Waals surface area (Å²) >= 11 is 0. The fourth-order valence-electron chi connectivity index (χ4n) is 7.97. The molecule has 4 aliphatic carbocycles. The van der Waals surface area contributed by atoms with Crippen LogP contribution in [-0.4, -0.2) is 15.7 Å². The van der Waals surface area contributed by atoms with Gasteiger partial charge in [-0.3, -0.25) is 4.98 Å². The molecule has 0 bridgehead atoms. The maximum absolute atomic E-state index is 10.7. The first-order valence-corrected chi connectivity index (χ1v) is 11.2. The minimum atomic E-state index is -0.428. The lowest BCUT2D eigenvalue weighted by molar-refractivity contribution is -0.138. The Morgan fingerprint density at radius 1 is 1.04 bits per heavy atom. The predicted molar refractivity (Wildman–Crippen MR) is 110 cm³/mol. The quantitative estimate of drug-likeness (QED) is 0.675. The van der Waals surface area contributed by atoms with Crippen molar-refractivity contribution in [1.29, 1.82) is 0 Å². The van der Waals surface area contributed by atoms with Gasteiger partial charge in [-0.1, -0.05) is 26.0 Å². The Hall–Kier alpha value is -1.15. The minimum absolute atomic E-state index is 0.327. The Morgan fingerprint density at radius 2 is 1.89 bits per heavy atom. The van der Waals surface area contributed by atoms with Crippen molar-refractivity contribution in [3.8, 4) is 0 Å². The lowest BCUT2D eigenvalue weighted by Gasteiger charge is -2.61. The zero-order valence-electron chi connectivity index (χ0n) is 17.2. The molecule has 0 amide bonds. The Morgan fingerprint density at radius 3 is 2.67 bits per heavy atom. The summed E-state index contributed by atoms with van der Waals surface area (Å²) < 4.78 is 0. The van der Waals surface area contributed by atoms with Crippen LogP contribution in [-0.2, 0) is 0 Å². The molecule has 0 aliphatic heterocycles. The van der Waals surface area contributed by atoms with Crippen molar-refractivity contribution >= 4 is 5.57 Å². The van der Waals surface area contributed by atoms with E-state index < -0.39 is 5.60 Å². The SMILES string of the molecule is CC1(O)CCC2(C)C(CCC3C4CC=C(c5cccnc5)C4(C)CCC32)C1. The van der Waals surface area contributed by atoms with Gasteiger partial charge >= 0.3 is 0 Å². The summed E-state index contributed by atoms with van der Waals surface area (Å²) in [5, 5.41) is 10.7. The average Bonchev–Trinajstić information content (AvgIpc) is 3.00. The highest BCUT2D eigenvalue weighted by Crippen LogP contribution is 2.67. The van der Waals surface area contributed by atoms with Crippen LogP contribution in [0.2, 0.25) is 0 Å². The summed E-state index contributed by atoms with van der Waals surface area (Å²) in [6.07, 6.45) is 16.4.